The Morgan fingerprint density at radius 2 is 2.03 bits per heavy atom. The largest absolute Gasteiger partial charge is 0.493 e. The third-order valence-electron chi connectivity index (χ3n) is 5.38. The molecule has 0 fully saturated rings. The van der Waals surface area contributed by atoms with Gasteiger partial charge in [0.1, 0.15) is 23.7 Å². The van der Waals surface area contributed by atoms with E-state index in [1.54, 1.807) is 24.8 Å². The van der Waals surface area contributed by atoms with Gasteiger partial charge in [-0.3, -0.25) is 4.40 Å². The second kappa shape index (κ2) is 7.33. The summed E-state index contributed by atoms with van der Waals surface area (Å²) in [6, 6.07) is 3.47. The van der Waals surface area contributed by atoms with E-state index in [1.165, 1.54) is 13.2 Å². The molecule has 0 aliphatic carbocycles. The van der Waals surface area contributed by atoms with E-state index in [0.29, 0.717) is 36.7 Å². The number of hydrogen-bond donors (Lipinski definition) is 0. The van der Waals surface area contributed by atoms with Gasteiger partial charge >= 0.3 is 6.01 Å². The Bertz CT molecular complexity index is 1260. The van der Waals surface area contributed by atoms with Crippen LogP contribution in [0, 0.1) is 12.7 Å². The number of halogens is 1. The van der Waals surface area contributed by atoms with Crippen molar-refractivity contribution in [1.29, 1.82) is 0 Å². The minimum Gasteiger partial charge on any atom is -0.493 e. The van der Waals surface area contributed by atoms with Crippen LogP contribution in [0.2, 0.25) is 0 Å². The zero-order valence-electron chi connectivity index (χ0n) is 16.6. The van der Waals surface area contributed by atoms with Gasteiger partial charge in [-0.25, -0.2) is 14.4 Å². The summed E-state index contributed by atoms with van der Waals surface area (Å²) in [5.74, 6) is 1.32. The molecule has 1 aliphatic rings. The normalized spacial score (nSPS) is 12.8. The first kappa shape index (κ1) is 18.4. The van der Waals surface area contributed by atoms with E-state index in [4.69, 9.17) is 9.47 Å². The van der Waals surface area contributed by atoms with E-state index in [9.17, 15) is 4.39 Å². The minimum atomic E-state index is -0.207. The van der Waals surface area contributed by atoms with E-state index in [1.807, 2.05) is 11.3 Å². The quantitative estimate of drug-likeness (QED) is 0.504. The van der Waals surface area contributed by atoms with Gasteiger partial charge in [0.15, 0.2) is 5.65 Å². The predicted octanol–water partition coefficient (Wildman–Crippen LogP) is 2.76. The van der Waals surface area contributed by atoms with Crippen molar-refractivity contribution in [1.82, 2.24) is 29.5 Å². The molecule has 5 rings (SSSR count). The van der Waals surface area contributed by atoms with Crippen LogP contribution < -0.4 is 9.47 Å². The van der Waals surface area contributed by atoms with Crippen LogP contribution in [-0.4, -0.2) is 43.3 Å². The molecule has 4 aromatic rings. The van der Waals surface area contributed by atoms with Crippen LogP contribution in [0.5, 0.6) is 11.8 Å². The summed E-state index contributed by atoms with van der Waals surface area (Å²) in [5.41, 5.74) is 4.63. The summed E-state index contributed by atoms with van der Waals surface area (Å²) >= 11 is 0. The summed E-state index contributed by atoms with van der Waals surface area (Å²) in [5, 5.41) is 8.32. The number of methoxy groups -OCH3 is 1. The summed E-state index contributed by atoms with van der Waals surface area (Å²) in [7, 11) is 1.53. The number of aromatic nitrogens is 6. The number of fused-ring (bicyclic) bond motifs is 2. The topological polar surface area (TPSA) is 87.3 Å². The molecule has 3 aromatic heterocycles. The highest BCUT2D eigenvalue weighted by atomic mass is 19.1. The molecule has 0 saturated carbocycles. The van der Waals surface area contributed by atoms with Gasteiger partial charge in [0.25, 0.3) is 0 Å². The van der Waals surface area contributed by atoms with Gasteiger partial charge in [0.05, 0.1) is 19.4 Å². The molecule has 0 spiro atoms. The highest BCUT2D eigenvalue weighted by Gasteiger charge is 2.20. The number of nitrogens with zero attached hydrogens (tertiary/aromatic N) is 6. The Kier molecular flexibility index (Phi) is 4.50. The first-order valence-corrected chi connectivity index (χ1v) is 9.64. The molecule has 1 aromatic carbocycles. The number of ether oxygens (including phenoxy) is 2. The van der Waals surface area contributed by atoms with E-state index < -0.39 is 0 Å². The Labute approximate surface area is 171 Å². The van der Waals surface area contributed by atoms with Crippen molar-refractivity contribution in [2.75, 3.05) is 13.7 Å². The van der Waals surface area contributed by atoms with E-state index in [2.05, 4.69) is 25.1 Å². The maximum Gasteiger partial charge on any atom is 0.316 e. The van der Waals surface area contributed by atoms with Gasteiger partial charge < -0.3 is 9.47 Å². The fourth-order valence-electron chi connectivity index (χ4n) is 3.87. The van der Waals surface area contributed by atoms with Crippen molar-refractivity contribution in [3.8, 4) is 22.9 Å². The average molecular weight is 406 g/mol. The van der Waals surface area contributed by atoms with Crippen LogP contribution in [0.15, 0.2) is 30.9 Å². The fourth-order valence-corrected chi connectivity index (χ4v) is 3.87. The lowest BCUT2D eigenvalue weighted by atomic mass is 10.00. The lowest BCUT2D eigenvalue weighted by Gasteiger charge is -2.11. The van der Waals surface area contributed by atoms with Crippen molar-refractivity contribution in [3.05, 3.63) is 59.3 Å². The van der Waals surface area contributed by atoms with Crippen LogP contribution >= 0.6 is 0 Å². The maximum absolute atomic E-state index is 14.5. The molecule has 0 atom stereocenters. The first-order valence-electron chi connectivity index (χ1n) is 9.64. The monoisotopic (exact) mass is 406 g/mol. The van der Waals surface area contributed by atoms with Crippen LogP contribution in [-0.2, 0) is 19.3 Å². The lowest BCUT2D eigenvalue weighted by Crippen LogP contribution is -2.06. The van der Waals surface area contributed by atoms with Gasteiger partial charge in [-0.2, -0.15) is 4.98 Å². The smallest absolute Gasteiger partial charge is 0.316 e. The van der Waals surface area contributed by atoms with Crippen molar-refractivity contribution >= 4 is 5.65 Å². The van der Waals surface area contributed by atoms with Crippen molar-refractivity contribution < 1.29 is 13.9 Å². The summed E-state index contributed by atoms with van der Waals surface area (Å²) < 4.78 is 26.9. The number of benzene rings is 1. The van der Waals surface area contributed by atoms with Crippen LogP contribution in [0.25, 0.3) is 16.8 Å². The summed E-state index contributed by atoms with van der Waals surface area (Å²) in [6.07, 6.45) is 6.84. The molecule has 8 nitrogen and oxygen atoms in total. The molecular weight excluding hydrogens is 387 g/mol. The van der Waals surface area contributed by atoms with Gasteiger partial charge in [-0.15, -0.1) is 10.2 Å². The van der Waals surface area contributed by atoms with E-state index in [-0.39, 0.29) is 5.82 Å². The van der Waals surface area contributed by atoms with E-state index in [0.717, 1.165) is 40.4 Å². The summed E-state index contributed by atoms with van der Waals surface area (Å²) in [6.45, 7) is 2.47. The number of rotatable bonds is 5. The molecule has 1 aliphatic heterocycles. The molecule has 0 bridgehead atoms. The Morgan fingerprint density at radius 3 is 2.87 bits per heavy atom. The lowest BCUT2D eigenvalue weighted by molar-refractivity contribution is 0.356. The molecule has 152 valence electrons. The van der Waals surface area contributed by atoms with Crippen molar-refractivity contribution in [2.24, 2.45) is 0 Å². The molecule has 0 radical (unpaired) electrons. The maximum atomic E-state index is 14.5. The zero-order valence-corrected chi connectivity index (χ0v) is 16.6. The zero-order chi connectivity index (χ0) is 20.7. The van der Waals surface area contributed by atoms with Crippen molar-refractivity contribution in [2.45, 2.75) is 26.2 Å². The predicted molar refractivity (Wildman–Crippen MR) is 106 cm³/mol. The number of hydrogen-bond acceptors (Lipinski definition) is 7. The van der Waals surface area contributed by atoms with Gasteiger partial charge in [0.2, 0.25) is 0 Å². The highest BCUT2D eigenvalue weighted by Crippen LogP contribution is 2.31. The molecule has 9 heteroatoms. The van der Waals surface area contributed by atoms with Crippen LogP contribution in [0.4, 0.5) is 4.39 Å². The molecule has 0 amide bonds. The first-order chi connectivity index (χ1) is 14.7. The van der Waals surface area contributed by atoms with Gasteiger partial charge in [-0.1, -0.05) is 0 Å². The van der Waals surface area contributed by atoms with Gasteiger partial charge in [0, 0.05) is 41.9 Å². The molecular formula is C21H19FN6O2. The molecule has 0 saturated heterocycles. The average Bonchev–Trinajstić information content (AvgIpc) is 3.43. The van der Waals surface area contributed by atoms with Crippen LogP contribution in [0.3, 0.4) is 0 Å². The molecule has 0 N–H and O–H groups in total. The number of aryl methyl sites for hydroxylation is 2. The standard InChI is InChI=1S/C21H19FN6O2/c1-12-15(9-24-21(26-12)29-2)16-10-23-19(28-11-25-27-20(16)28)6-3-13-14-7-8-30-18(14)5-4-17(13)22/h4-5,9-11H,3,6-8H2,1-2H3. The SMILES string of the molecule is COc1ncc(-c2cnc(CCc3c(F)ccc4c3CCO4)n3cnnc23)c(C)n1. The van der Waals surface area contributed by atoms with Gasteiger partial charge in [-0.05, 0) is 31.0 Å². The Hall–Kier alpha value is -3.62. The second-order valence-electron chi connectivity index (χ2n) is 7.07. The third kappa shape index (κ3) is 3.02. The fraction of sp³-hybridized carbons (Fsp3) is 0.286. The Morgan fingerprint density at radius 1 is 1.17 bits per heavy atom. The molecule has 4 heterocycles. The molecule has 0 unspecified atom stereocenters. The minimum absolute atomic E-state index is 0.207. The van der Waals surface area contributed by atoms with Crippen molar-refractivity contribution in [3.63, 3.8) is 0 Å². The third-order valence-corrected chi connectivity index (χ3v) is 5.38. The summed E-state index contributed by atoms with van der Waals surface area (Å²) in [4.78, 5) is 13.1. The molecule has 30 heavy (non-hydrogen) atoms. The second-order valence-corrected chi connectivity index (χ2v) is 7.07. The van der Waals surface area contributed by atoms with E-state index >= 15 is 0 Å². The highest BCUT2D eigenvalue weighted by molar-refractivity contribution is 5.77. The Balaban J connectivity index is 1.49. The van der Waals surface area contributed by atoms with Crippen LogP contribution in [0.1, 0.15) is 22.6 Å².